The number of rotatable bonds is 8. The second-order valence-electron chi connectivity index (χ2n) is 4.55. The van der Waals surface area contributed by atoms with Gasteiger partial charge in [-0.05, 0) is 37.1 Å². The summed E-state index contributed by atoms with van der Waals surface area (Å²) in [5.41, 5.74) is 2.13. The van der Waals surface area contributed by atoms with Crippen LogP contribution in [0.1, 0.15) is 18.1 Å². The predicted octanol–water partition coefficient (Wildman–Crippen LogP) is 1.85. The van der Waals surface area contributed by atoms with Gasteiger partial charge in [0.2, 0.25) is 0 Å². The van der Waals surface area contributed by atoms with E-state index in [1.54, 1.807) is 13.2 Å². The van der Waals surface area contributed by atoms with E-state index in [-0.39, 0.29) is 5.82 Å². The van der Waals surface area contributed by atoms with Gasteiger partial charge in [0.05, 0.1) is 6.61 Å². The van der Waals surface area contributed by atoms with Crippen LogP contribution in [0, 0.1) is 12.7 Å². The molecule has 0 fully saturated rings. The summed E-state index contributed by atoms with van der Waals surface area (Å²) in [7, 11) is 1.70. The molecule has 3 nitrogen and oxygen atoms in total. The Morgan fingerprint density at radius 2 is 2.17 bits per heavy atom. The first-order valence-electron chi connectivity index (χ1n) is 6.31. The van der Waals surface area contributed by atoms with E-state index in [4.69, 9.17) is 4.74 Å². The van der Waals surface area contributed by atoms with E-state index in [1.807, 2.05) is 13.0 Å². The largest absolute Gasteiger partial charge is 0.383 e. The van der Waals surface area contributed by atoms with Crippen molar-refractivity contribution in [1.29, 1.82) is 0 Å². The molecule has 1 atom stereocenters. The topological polar surface area (TPSA) is 33.3 Å². The SMILES string of the molecule is COCCNCC(C)NCc1ccc(F)cc1C. The summed E-state index contributed by atoms with van der Waals surface area (Å²) in [6.45, 7) is 7.30. The van der Waals surface area contributed by atoms with Gasteiger partial charge >= 0.3 is 0 Å². The first-order chi connectivity index (χ1) is 8.63. The molecular formula is C14H23FN2O. The second-order valence-corrected chi connectivity index (χ2v) is 4.55. The molecule has 0 heterocycles. The molecule has 1 aromatic carbocycles. The zero-order chi connectivity index (χ0) is 13.4. The number of ether oxygens (including phenoxy) is 1. The quantitative estimate of drug-likeness (QED) is 0.695. The summed E-state index contributed by atoms with van der Waals surface area (Å²) in [6, 6.07) is 5.28. The highest BCUT2D eigenvalue weighted by molar-refractivity contribution is 5.26. The van der Waals surface area contributed by atoms with Crippen molar-refractivity contribution in [3.8, 4) is 0 Å². The van der Waals surface area contributed by atoms with Crippen LogP contribution in [0.2, 0.25) is 0 Å². The molecule has 2 N–H and O–H groups in total. The fourth-order valence-electron chi connectivity index (χ4n) is 1.71. The fraction of sp³-hybridized carbons (Fsp3) is 0.571. The zero-order valence-electron chi connectivity index (χ0n) is 11.4. The smallest absolute Gasteiger partial charge is 0.123 e. The van der Waals surface area contributed by atoms with Gasteiger partial charge in [-0.25, -0.2) is 4.39 Å². The summed E-state index contributed by atoms with van der Waals surface area (Å²) in [6.07, 6.45) is 0. The van der Waals surface area contributed by atoms with Gasteiger partial charge in [-0.2, -0.15) is 0 Å². The lowest BCUT2D eigenvalue weighted by atomic mass is 10.1. The Kier molecular flexibility index (Phi) is 6.86. The van der Waals surface area contributed by atoms with Crippen LogP contribution in [0.4, 0.5) is 4.39 Å². The molecule has 4 heteroatoms. The van der Waals surface area contributed by atoms with Crippen molar-refractivity contribution in [3.05, 3.63) is 35.1 Å². The number of nitrogens with one attached hydrogen (secondary N) is 2. The van der Waals surface area contributed by atoms with Crippen molar-refractivity contribution < 1.29 is 9.13 Å². The highest BCUT2D eigenvalue weighted by Crippen LogP contribution is 2.09. The Labute approximate surface area is 109 Å². The first-order valence-corrected chi connectivity index (χ1v) is 6.31. The molecule has 0 aliphatic rings. The van der Waals surface area contributed by atoms with E-state index in [1.165, 1.54) is 6.07 Å². The van der Waals surface area contributed by atoms with E-state index >= 15 is 0 Å². The van der Waals surface area contributed by atoms with E-state index in [0.717, 1.165) is 37.4 Å². The molecule has 0 spiro atoms. The highest BCUT2D eigenvalue weighted by atomic mass is 19.1. The lowest BCUT2D eigenvalue weighted by molar-refractivity contribution is 0.198. The third-order valence-electron chi connectivity index (χ3n) is 2.88. The average Bonchev–Trinajstić information content (AvgIpc) is 2.33. The van der Waals surface area contributed by atoms with Gasteiger partial charge in [0.25, 0.3) is 0 Å². The Morgan fingerprint density at radius 1 is 1.39 bits per heavy atom. The third-order valence-corrected chi connectivity index (χ3v) is 2.88. The number of methoxy groups -OCH3 is 1. The molecule has 18 heavy (non-hydrogen) atoms. The summed E-state index contributed by atoms with van der Waals surface area (Å²) in [5, 5.41) is 6.71. The van der Waals surface area contributed by atoms with Crippen LogP contribution in [0.25, 0.3) is 0 Å². The van der Waals surface area contributed by atoms with E-state index in [2.05, 4.69) is 17.6 Å². The molecule has 0 aliphatic carbocycles. The predicted molar refractivity (Wildman–Crippen MR) is 72.2 cm³/mol. The van der Waals surface area contributed by atoms with Gasteiger partial charge < -0.3 is 15.4 Å². The molecule has 0 aliphatic heterocycles. The number of hydrogen-bond donors (Lipinski definition) is 2. The number of benzene rings is 1. The number of aryl methyl sites for hydroxylation is 1. The van der Waals surface area contributed by atoms with Crippen molar-refractivity contribution >= 4 is 0 Å². The lowest BCUT2D eigenvalue weighted by Crippen LogP contribution is -2.37. The summed E-state index contributed by atoms with van der Waals surface area (Å²) >= 11 is 0. The molecule has 0 bridgehead atoms. The van der Waals surface area contributed by atoms with Crippen LogP contribution in [-0.2, 0) is 11.3 Å². The van der Waals surface area contributed by atoms with Crippen LogP contribution in [0.5, 0.6) is 0 Å². The molecule has 0 saturated heterocycles. The molecule has 1 aromatic rings. The summed E-state index contributed by atoms with van der Waals surface area (Å²) in [5.74, 6) is -0.175. The van der Waals surface area contributed by atoms with Crippen molar-refractivity contribution in [2.75, 3.05) is 26.8 Å². The molecule has 0 saturated carbocycles. The van der Waals surface area contributed by atoms with E-state index in [9.17, 15) is 4.39 Å². The standard InChI is InChI=1S/C14H23FN2O/c1-11-8-14(15)5-4-13(11)10-17-12(2)9-16-6-7-18-3/h4-5,8,12,16-17H,6-7,9-10H2,1-3H3. The van der Waals surface area contributed by atoms with Gasteiger partial charge in [0.1, 0.15) is 5.82 Å². The maximum atomic E-state index is 12.9. The van der Waals surface area contributed by atoms with Gasteiger partial charge in [0.15, 0.2) is 0 Å². The van der Waals surface area contributed by atoms with Gasteiger partial charge in [-0.15, -0.1) is 0 Å². The van der Waals surface area contributed by atoms with Crippen LogP contribution >= 0.6 is 0 Å². The molecule has 0 amide bonds. The van der Waals surface area contributed by atoms with Crippen LogP contribution in [0.15, 0.2) is 18.2 Å². The van der Waals surface area contributed by atoms with Crippen LogP contribution in [0.3, 0.4) is 0 Å². The summed E-state index contributed by atoms with van der Waals surface area (Å²) < 4.78 is 17.9. The van der Waals surface area contributed by atoms with E-state index in [0.29, 0.717) is 6.04 Å². The Bertz CT molecular complexity index is 358. The van der Waals surface area contributed by atoms with Crippen LogP contribution < -0.4 is 10.6 Å². The number of halogens is 1. The van der Waals surface area contributed by atoms with E-state index < -0.39 is 0 Å². The molecule has 1 unspecified atom stereocenters. The highest BCUT2D eigenvalue weighted by Gasteiger charge is 2.03. The van der Waals surface area contributed by atoms with Crippen molar-refractivity contribution in [1.82, 2.24) is 10.6 Å². The maximum Gasteiger partial charge on any atom is 0.123 e. The minimum absolute atomic E-state index is 0.175. The van der Waals surface area contributed by atoms with Gasteiger partial charge in [-0.3, -0.25) is 0 Å². The summed E-state index contributed by atoms with van der Waals surface area (Å²) in [4.78, 5) is 0. The van der Waals surface area contributed by atoms with Crippen LogP contribution in [-0.4, -0.2) is 32.8 Å². The van der Waals surface area contributed by atoms with Crippen molar-refractivity contribution in [2.24, 2.45) is 0 Å². The van der Waals surface area contributed by atoms with Gasteiger partial charge in [-0.1, -0.05) is 6.07 Å². The number of hydrogen-bond acceptors (Lipinski definition) is 3. The normalized spacial score (nSPS) is 12.7. The second kappa shape index (κ2) is 8.19. The zero-order valence-corrected chi connectivity index (χ0v) is 11.4. The fourth-order valence-corrected chi connectivity index (χ4v) is 1.71. The maximum absolute atomic E-state index is 12.9. The Morgan fingerprint density at radius 3 is 2.83 bits per heavy atom. The van der Waals surface area contributed by atoms with Crippen molar-refractivity contribution in [2.45, 2.75) is 26.4 Å². The molecule has 0 aromatic heterocycles. The average molecular weight is 254 g/mol. The Balaban J connectivity index is 2.27. The Hall–Kier alpha value is -0.970. The molecule has 0 radical (unpaired) electrons. The lowest BCUT2D eigenvalue weighted by Gasteiger charge is -2.15. The molecule has 1 rings (SSSR count). The van der Waals surface area contributed by atoms with Crippen molar-refractivity contribution in [3.63, 3.8) is 0 Å². The third kappa shape index (κ3) is 5.58. The minimum atomic E-state index is -0.175. The molecule has 102 valence electrons. The monoisotopic (exact) mass is 254 g/mol. The first kappa shape index (κ1) is 15.1. The van der Waals surface area contributed by atoms with Gasteiger partial charge in [0, 0.05) is 32.8 Å². The molecular weight excluding hydrogens is 231 g/mol. The minimum Gasteiger partial charge on any atom is -0.383 e.